The molecule has 1 aromatic rings. The summed E-state index contributed by atoms with van der Waals surface area (Å²) in [5.41, 5.74) is 2.50. The van der Waals surface area contributed by atoms with Gasteiger partial charge in [-0.3, -0.25) is 19.7 Å². The first-order chi connectivity index (χ1) is 10.5. The number of carbonyl (C=O) groups excluding carboxylic acids is 1. The van der Waals surface area contributed by atoms with Gasteiger partial charge in [0.05, 0.1) is 16.7 Å². The van der Waals surface area contributed by atoms with E-state index in [1.54, 1.807) is 12.1 Å². The number of benzene rings is 1. The lowest BCUT2D eigenvalue weighted by atomic mass is 10.1. The standard InChI is InChI=1S/C14H17N3O5/c18-13(8-2-1-3-9-14(19)20)16-15-10-11-6-4-5-7-12(11)17(21)22/h4-7,10H,1-3,8-9H2,(H,16,18)(H,19,20)/b15-10+. The van der Waals surface area contributed by atoms with Crippen molar-refractivity contribution < 1.29 is 19.6 Å². The number of nitro groups is 1. The number of amides is 1. The van der Waals surface area contributed by atoms with Crippen LogP contribution in [0.15, 0.2) is 29.4 Å². The van der Waals surface area contributed by atoms with Gasteiger partial charge in [-0.25, -0.2) is 5.43 Å². The van der Waals surface area contributed by atoms with Gasteiger partial charge in [-0.2, -0.15) is 5.10 Å². The van der Waals surface area contributed by atoms with Crippen LogP contribution >= 0.6 is 0 Å². The summed E-state index contributed by atoms with van der Waals surface area (Å²) in [5.74, 6) is -1.16. The normalized spacial score (nSPS) is 10.5. The van der Waals surface area contributed by atoms with Crippen LogP contribution in [0, 0.1) is 10.1 Å². The molecule has 1 rings (SSSR count). The molecule has 22 heavy (non-hydrogen) atoms. The third kappa shape index (κ3) is 6.60. The van der Waals surface area contributed by atoms with Gasteiger partial charge in [-0.05, 0) is 18.9 Å². The average Bonchev–Trinajstić information content (AvgIpc) is 2.47. The van der Waals surface area contributed by atoms with Crippen LogP contribution in [0.1, 0.15) is 37.7 Å². The van der Waals surface area contributed by atoms with Crippen molar-refractivity contribution in [1.29, 1.82) is 0 Å². The number of hydrogen-bond donors (Lipinski definition) is 2. The molecule has 0 aliphatic heterocycles. The molecule has 118 valence electrons. The van der Waals surface area contributed by atoms with E-state index >= 15 is 0 Å². The van der Waals surface area contributed by atoms with Gasteiger partial charge < -0.3 is 5.11 Å². The lowest BCUT2D eigenvalue weighted by Crippen LogP contribution is -2.17. The molecule has 0 unspecified atom stereocenters. The number of carbonyl (C=O) groups is 2. The smallest absolute Gasteiger partial charge is 0.303 e. The summed E-state index contributed by atoms with van der Waals surface area (Å²) in [4.78, 5) is 32.0. The number of para-hydroxylation sites is 1. The Kier molecular flexibility index (Phi) is 7.24. The van der Waals surface area contributed by atoms with Crippen LogP contribution in [0.25, 0.3) is 0 Å². The number of rotatable bonds is 9. The van der Waals surface area contributed by atoms with Gasteiger partial charge in [0, 0.05) is 18.9 Å². The maximum absolute atomic E-state index is 11.5. The summed E-state index contributed by atoms with van der Waals surface area (Å²) in [5, 5.41) is 22.9. The topological polar surface area (TPSA) is 122 Å². The molecule has 0 bridgehead atoms. The van der Waals surface area contributed by atoms with Crippen LogP contribution in [0.2, 0.25) is 0 Å². The third-order valence-electron chi connectivity index (χ3n) is 2.82. The number of unbranched alkanes of at least 4 members (excludes halogenated alkanes) is 2. The first-order valence-corrected chi connectivity index (χ1v) is 6.78. The van der Waals surface area contributed by atoms with Crippen molar-refractivity contribution in [1.82, 2.24) is 5.43 Å². The van der Waals surface area contributed by atoms with Crippen LogP contribution in [0.4, 0.5) is 5.69 Å². The van der Waals surface area contributed by atoms with Crippen LogP contribution < -0.4 is 5.43 Å². The molecule has 2 N–H and O–H groups in total. The monoisotopic (exact) mass is 307 g/mol. The number of hydrogen-bond acceptors (Lipinski definition) is 5. The van der Waals surface area contributed by atoms with Crippen molar-refractivity contribution in [3.63, 3.8) is 0 Å². The quantitative estimate of drug-likeness (QED) is 0.313. The number of carboxylic acid groups (broad SMARTS) is 1. The predicted molar refractivity (Wildman–Crippen MR) is 79.6 cm³/mol. The summed E-state index contributed by atoms with van der Waals surface area (Å²) < 4.78 is 0. The molecule has 0 saturated heterocycles. The summed E-state index contributed by atoms with van der Waals surface area (Å²) >= 11 is 0. The maximum atomic E-state index is 11.5. The van der Waals surface area contributed by atoms with Gasteiger partial charge in [-0.1, -0.05) is 18.6 Å². The lowest BCUT2D eigenvalue weighted by Gasteiger charge is -2.00. The predicted octanol–water partition coefficient (Wildman–Crippen LogP) is 2.08. The van der Waals surface area contributed by atoms with Crippen molar-refractivity contribution >= 4 is 23.8 Å². The third-order valence-corrected chi connectivity index (χ3v) is 2.82. The number of nitro benzene ring substituents is 1. The molecule has 1 aromatic carbocycles. The highest BCUT2D eigenvalue weighted by atomic mass is 16.6. The Balaban J connectivity index is 2.35. The molecule has 0 fully saturated rings. The number of carboxylic acids is 1. The molecule has 8 heteroatoms. The minimum Gasteiger partial charge on any atom is -0.481 e. The number of hydrazone groups is 1. The van der Waals surface area contributed by atoms with Crippen molar-refractivity contribution in [2.45, 2.75) is 32.1 Å². The van der Waals surface area contributed by atoms with Gasteiger partial charge in [-0.15, -0.1) is 0 Å². The van der Waals surface area contributed by atoms with Crippen molar-refractivity contribution in [3.8, 4) is 0 Å². The molecule has 0 heterocycles. The number of aliphatic carboxylic acids is 1. The first kappa shape index (κ1) is 17.3. The van der Waals surface area contributed by atoms with E-state index in [0.29, 0.717) is 24.8 Å². The Hall–Kier alpha value is -2.77. The van der Waals surface area contributed by atoms with E-state index in [2.05, 4.69) is 10.5 Å². The Morgan fingerprint density at radius 3 is 2.59 bits per heavy atom. The Morgan fingerprint density at radius 2 is 1.91 bits per heavy atom. The zero-order valence-corrected chi connectivity index (χ0v) is 11.9. The summed E-state index contributed by atoms with van der Waals surface area (Å²) in [6.07, 6.45) is 3.29. The SMILES string of the molecule is O=C(O)CCCCCC(=O)N/N=C/c1ccccc1[N+](=O)[O-]. The van der Waals surface area contributed by atoms with E-state index in [0.717, 1.165) is 0 Å². The van der Waals surface area contributed by atoms with Crippen LogP contribution in [-0.4, -0.2) is 28.1 Å². The van der Waals surface area contributed by atoms with Gasteiger partial charge in [0.1, 0.15) is 0 Å². The van der Waals surface area contributed by atoms with E-state index in [9.17, 15) is 19.7 Å². The maximum Gasteiger partial charge on any atom is 0.303 e. The van der Waals surface area contributed by atoms with E-state index in [-0.39, 0.29) is 24.4 Å². The first-order valence-electron chi connectivity index (χ1n) is 6.78. The fourth-order valence-electron chi connectivity index (χ4n) is 1.73. The molecule has 0 radical (unpaired) electrons. The molecule has 8 nitrogen and oxygen atoms in total. The Morgan fingerprint density at radius 1 is 1.23 bits per heavy atom. The highest BCUT2D eigenvalue weighted by Gasteiger charge is 2.10. The van der Waals surface area contributed by atoms with Gasteiger partial charge in [0.25, 0.3) is 5.69 Å². The van der Waals surface area contributed by atoms with Crippen LogP contribution in [0.5, 0.6) is 0 Å². The molecular weight excluding hydrogens is 290 g/mol. The number of nitrogens with zero attached hydrogens (tertiary/aromatic N) is 2. The average molecular weight is 307 g/mol. The number of nitrogens with one attached hydrogen (secondary N) is 1. The molecule has 0 spiro atoms. The Labute approximate surface area is 127 Å². The van der Waals surface area contributed by atoms with Crippen molar-refractivity contribution in [2.24, 2.45) is 5.10 Å². The van der Waals surface area contributed by atoms with Crippen molar-refractivity contribution in [2.75, 3.05) is 0 Å². The van der Waals surface area contributed by atoms with Crippen LogP contribution in [-0.2, 0) is 9.59 Å². The van der Waals surface area contributed by atoms with E-state index < -0.39 is 10.9 Å². The van der Waals surface area contributed by atoms with Gasteiger partial charge >= 0.3 is 5.97 Å². The zero-order valence-electron chi connectivity index (χ0n) is 11.9. The fourth-order valence-corrected chi connectivity index (χ4v) is 1.73. The summed E-state index contributed by atoms with van der Waals surface area (Å²) in [6, 6.07) is 6.06. The fraction of sp³-hybridized carbons (Fsp3) is 0.357. The lowest BCUT2D eigenvalue weighted by molar-refractivity contribution is -0.385. The second kappa shape index (κ2) is 9.22. The van der Waals surface area contributed by atoms with Crippen LogP contribution in [0.3, 0.4) is 0 Å². The molecule has 0 saturated carbocycles. The summed E-state index contributed by atoms with van der Waals surface area (Å²) in [7, 11) is 0. The summed E-state index contributed by atoms with van der Waals surface area (Å²) in [6.45, 7) is 0. The molecule has 0 aromatic heterocycles. The molecule has 0 aliphatic carbocycles. The molecule has 1 amide bonds. The minimum absolute atomic E-state index is 0.0887. The molecule has 0 atom stereocenters. The van der Waals surface area contributed by atoms with Crippen molar-refractivity contribution in [3.05, 3.63) is 39.9 Å². The highest BCUT2D eigenvalue weighted by molar-refractivity contribution is 5.86. The highest BCUT2D eigenvalue weighted by Crippen LogP contribution is 2.15. The zero-order chi connectivity index (χ0) is 16.4. The Bertz CT molecular complexity index is 571. The van der Waals surface area contributed by atoms with Gasteiger partial charge in [0.15, 0.2) is 0 Å². The van der Waals surface area contributed by atoms with E-state index in [4.69, 9.17) is 5.11 Å². The van der Waals surface area contributed by atoms with E-state index in [1.807, 2.05) is 0 Å². The molecular formula is C14H17N3O5. The largest absolute Gasteiger partial charge is 0.481 e. The second-order valence-electron chi connectivity index (χ2n) is 4.56. The molecule has 0 aliphatic rings. The second-order valence-corrected chi connectivity index (χ2v) is 4.56. The minimum atomic E-state index is -0.849. The van der Waals surface area contributed by atoms with Gasteiger partial charge in [0.2, 0.25) is 5.91 Å². The van der Waals surface area contributed by atoms with E-state index in [1.165, 1.54) is 18.3 Å².